The van der Waals surface area contributed by atoms with Crippen LogP contribution in [0.2, 0.25) is 0 Å². The number of aromatic nitrogens is 4. The van der Waals surface area contributed by atoms with Crippen LogP contribution in [0.25, 0.3) is 11.4 Å². The largest absolute Gasteiger partial charge is 0.383 e. The molecule has 0 unspecified atom stereocenters. The number of aryl methyl sites for hydroxylation is 2. The van der Waals surface area contributed by atoms with Gasteiger partial charge in [-0.25, -0.2) is 4.98 Å². The van der Waals surface area contributed by atoms with Crippen molar-refractivity contribution in [2.45, 2.75) is 38.4 Å². The quantitative estimate of drug-likeness (QED) is 0.636. The summed E-state index contributed by atoms with van der Waals surface area (Å²) < 4.78 is 7.19. The molecule has 7 heteroatoms. The molecule has 0 amide bonds. The van der Waals surface area contributed by atoms with Crippen LogP contribution in [-0.4, -0.2) is 51.0 Å². The van der Waals surface area contributed by atoms with Crippen LogP contribution in [0.1, 0.15) is 24.1 Å². The van der Waals surface area contributed by atoms with E-state index in [-0.39, 0.29) is 5.56 Å². The Morgan fingerprint density at radius 3 is 2.90 bits per heavy atom. The molecule has 2 aromatic heterocycles. The minimum atomic E-state index is -0.131. The zero-order chi connectivity index (χ0) is 20.1. The number of rotatable bonds is 8. The van der Waals surface area contributed by atoms with E-state index >= 15 is 0 Å². The molecule has 1 aromatic carbocycles. The fourth-order valence-electron chi connectivity index (χ4n) is 3.92. The van der Waals surface area contributed by atoms with Crippen molar-refractivity contribution in [2.24, 2.45) is 0 Å². The van der Waals surface area contributed by atoms with E-state index in [4.69, 9.17) is 4.74 Å². The van der Waals surface area contributed by atoms with Crippen LogP contribution in [-0.2, 0) is 24.2 Å². The Morgan fingerprint density at radius 1 is 1.28 bits per heavy atom. The lowest BCUT2D eigenvalue weighted by Gasteiger charge is -2.23. The summed E-state index contributed by atoms with van der Waals surface area (Å²) in [5, 5.41) is 4.19. The van der Waals surface area contributed by atoms with E-state index in [0.717, 1.165) is 31.0 Å². The zero-order valence-corrected chi connectivity index (χ0v) is 16.8. The number of likely N-dealkylation sites (tertiary alicyclic amines) is 1. The second-order valence-electron chi connectivity index (χ2n) is 7.52. The summed E-state index contributed by atoms with van der Waals surface area (Å²) in [5.41, 5.74) is 2.81. The van der Waals surface area contributed by atoms with Crippen LogP contribution in [0.3, 0.4) is 0 Å². The summed E-state index contributed by atoms with van der Waals surface area (Å²) in [5.74, 6) is 0.609. The maximum atomic E-state index is 12.1. The minimum absolute atomic E-state index is 0.131. The monoisotopic (exact) mass is 393 g/mol. The fraction of sp³-hybridized carbons (Fsp3) is 0.409. The Bertz CT molecular complexity index is 966. The third-order valence-electron chi connectivity index (χ3n) is 5.42. The van der Waals surface area contributed by atoms with Gasteiger partial charge in [0.15, 0.2) is 0 Å². The first-order valence-electron chi connectivity index (χ1n) is 10.1. The molecule has 1 saturated heterocycles. The number of nitrogens with zero attached hydrogens (tertiary/aromatic N) is 4. The average molecular weight is 393 g/mol. The molecule has 4 rings (SSSR count). The molecule has 29 heavy (non-hydrogen) atoms. The Balaban J connectivity index is 1.45. The maximum absolute atomic E-state index is 12.1. The van der Waals surface area contributed by atoms with Gasteiger partial charge in [-0.05, 0) is 31.0 Å². The van der Waals surface area contributed by atoms with Crippen LogP contribution in [0.5, 0.6) is 0 Å². The highest BCUT2D eigenvalue weighted by molar-refractivity contribution is 5.55. The highest BCUT2D eigenvalue weighted by Gasteiger charge is 2.24. The van der Waals surface area contributed by atoms with Crippen molar-refractivity contribution < 1.29 is 4.74 Å². The van der Waals surface area contributed by atoms with Crippen molar-refractivity contribution >= 4 is 0 Å². The van der Waals surface area contributed by atoms with Gasteiger partial charge in [0.25, 0.3) is 5.56 Å². The van der Waals surface area contributed by atoms with Gasteiger partial charge in [0.05, 0.1) is 12.3 Å². The molecule has 3 aromatic rings. The van der Waals surface area contributed by atoms with E-state index in [0.29, 0.717) is 24.8 Å². The minimum Gasteiger partial charge on any atom is -0.383 e. The molecule has 1 aliphatic heterocycles. The van der Waals surface area contributed by atoms with Gasteiger partial charge in [-0.1, -0.05) is 24.3 Å². The average Bonchev–Trinajstić information content (AvgIpc) is 3.39. The highest BCUT2D eigenvalue weighted by Crippen LogP contribution is 2.22. The topological polar surface area (TPSA) is 76.0 Å². The summed E-state index contributed by atoms with van der Waals surface area (Å²) >= 11 is 0. The molecule has 1 atom stereocenters. The molecule has 0 bridgehead atoms. The lowest BCUT2D eigenvalue weighted by atomic mass is 10.1. The van der Waals surface area contributed by atoms with Crippen LogP contribution in [0.15, 0.2) is 53.6 Å². The first kappa shape index (κ1) is 19.5. The van der Waals surface area contributed by atoms with Gasteiger partial charge in [-0.3, -0.25) is 14.4 Å². The zero-order valence-electron chi connectivity index (χ0n) is 16.8. The van der Waals surface area contributed by atoms with E-state index in [1.54, 1.807) is 19.4 Å². The van der Waals surface area contributed by atoms with Gasteiger partial charge >= 0.3 is 0 Å². The van der Waals surface area contributed by atoms with Crippen molar-refractivity contribution in [1.82, 2.24) is 24.6 Å². The number of aromatic amines is 1. The molecule has 3 heterocycles. The third-order valence-corrected chi connectivity index (χ3v) is 5.42. The SMILES string of the molecule is COC[C@H]1CCCN1Cc1ccc(-c2nc(CCn3cccn3)cc(=O)[nH]2)cc1. The first-order chi connectivity index (χ1) is 14.2. The summed E-state index contributed by atoms with van der Waals surface area (Å²) in [7, 11) is 1.77. The molecule has 1 fully saturated rings. The maximum Gasteiger partial charge on any atom is 0.251 e. The smallest absolute Gasteiger partial charge is 0.251 e. The number of benzene rings is 1. The molecule has 0 aliphatic carbocycles. The predicted octanol–water partition coefficient (Wildman–Crippen LogP) is 2.49. The second kappa shape index (κ2) is 9.15. The van der Waals surface area contributed by atoms with Gasteiger partial charge in [0, 0.05) is 56.7 Å². The van der Waals surface area contributed by atoms with Gasteiger partial charge in [0.2, 0.25) is 0 Å². The molecule has 0 radical (unpaired) electrons. The molecule has 152 valence electrons. The van der Waals surface area contributed by atoms with Crippen LogP contribution in [0, 0.1) is 0 Å². The lowest BCUT2D eigenvalue weighted by molar-refractivity contribution is 0.112. The second-order valence-corrected chi connectivity index (χ2v) is 7.52. The van der Waals surface area contributed by atoms with Crippen molar-refractivity contribution in [2.75, 3.05) is 20.3 Å². The molecular weight excluding hydrogens is 366 g/mol. The summed E-state index contributed by atoms with van der Waals surface area (Å²) in [6.07, 6.45) is 6.74. The van der Waals surface area contributed by atoms with E-state index < -0.39 is 0 Å². The molecule has 1 aliphatic rings. The molecule has 1 N–H and O–H groups in total. The third kappa shape index (κ3) is 4.99. The normalized spacial score (nSPS) is 17.1. The molecule has 0 spiro atoms. The summed E-state index contributed by atoms with van der Waals surface area (Å²) in [6.45, 7) is 3.51. The van der Waals surface area contributed by atoms with Gasteiger partial charge in [-0.2, -0.15) is 5.10 Å². The van der Waals surface area contributed by atoms with Crippen LogP contribution in [0.4, 0.5) is 0 Å². The first-order valence-corrected chi connectivity index (χ1v) is 10.1. The number of nitrogens with one attached hydrogen (secondary N) is 1. The van der Waals surface area contributed by atoms with E-state index in [9.17, 15) is 4.79 Å². The number of hydrogen-bond acceptors (Lipinski definition) is 5. The Kier molecular flexibility index (Phi) is 6.17. The highest BCUT2D eigenvalue weighted by atomic mass is 16.5. The van der Waals surface area contributed by atoms with Crippen molar-refractivity contribution in [3.05, 3.63) is 70.4 Å². The number of methoxy groups -OCH3 is 1. The van der Waals surface area contributed by atoms with E-state index in [1.807, 2.05) is 29.1 Å². The Morgan fingerprint density at radius 2 is 2.14 bits per heavy atom. The van der Waals surface area contributed by atoms with Crippen LogP contribution >= 0.6 is 0 Å². The number of ether oxygens (including phenoxy) is 1. The van der Waals surface area contributed by atoms with Crippen LogP contribution < -0.4 is 5.56 Å². The Labute approximate surface area is 170 Å². The molecular formula is C22H27N5O2. The van der Waals surface area contributed by atoms with Gasteiger partial charge < -0.3 is 9.72 Å². The van der Waals surface area contributed by atoms with E-state index in [1.165, 1.54) is 18.4 Å². The van der Waals surface area contributed by atoms with Crippen molar-refractivity contribution in [1.29, 1.82) is 0 Å². The van der Waals surface area contributed by atoms with E-state index in [2.05, 4.69) is 32.1 Å². The fourth-order valence-corrected chi connectivity index (χ4v) is 3.92. The number of hydrogen-bond donors (Lipinski definition) is 1. The predicted molar refractivity (Wildman–Crippen MR) is 112 cm³/mol. The molecule has 0 saturated carbocycles. The Hall–Kier alpha value is -2.77. The van der Waals surface area contributed by atoms with Gasteiger partial charge in [0.1, 0.15) is 5.82 Å². The molecule has 7 nitrogen and oxygen atoms in total. The summed E-state index contributed by atoms with van der Waals surface area (Å²) in [4.78, 5) is 22.1. The van der Waals surface area contributed by atoms with Crippen molar-refractivity contribution in [3.63, 3.8) is 0 Å². The lowest BCUT2D eigenvalue weighted by Crippen LogP contribution is -2.32. The number of H-pyrrole nitrogens is 1. The van der Waals surface area contributed by atoms with Gasteiger partial charge in [-0.15, -0.1) is 0 Å². The summed E-state index contributed by atoms with van der Waals surface area (Å²) in [6, 6.07) is 12.3. The standard InChI is InChI=1S/C22H27N5O2/c1-29-16-20-4-2-11-26(20)15-17-5-7-18(8-6-17)22-24-19(14-21(28)25-22)9-13-27-12-3-10-23-27/h3,5-8,10,12,14,20H,2,4,9,11,13,15-16H2,1H3,(H,24,25,28)/t20-/m1/s1. The van der Waals surface area contributed by atoms with Crippen molar-refractivity contribution in [3.8, 4) is 11.4 Å².